The molecule has 2 saturated carbocycles. The summed E-state index contributed by atoms with van der Waals surface area (Å²) in [7, 11) is 0. The monoisotopic (exact) mass is 269 g/mol. The van der Waals surface area contributed by atoms with Gasteiger partial charge >= 0.3 is 6.18 Å². The number of rotatable bonds is 2. The summed E-state index contributed by atoms with van der Waals surface area (Å²) in [5.74, 6) is 0.464. The summed E-state index contributed by atoms with van der Waals surface area (Å²) in [5, 5.41) is 0. The molecule has 1 nitrogen and oxygen atoms in total. The van der Waals surface area contributed by atoms with E-state index >= 15 is 0 Å². The van der Waals surface area contributed by atoms with Gasteiger partial charge in [0.1, 0.15) is 0 Å². The zero-order chi connectivity index (χ0) is 13.7. The molecule has 104 valence electrons. The molecule has 2 fully saturated rings. The smallest absolute Gasteiger partial charge is 0.327 e. The third-order valence-electron chi connectivity index (χ3n) is 4.87. The number of benzene rings is 1. The Bertz CT molecular complexity index is 477. The first-order chi connectivity index (χ1) is 8.94. The van der Waals surface area contributed by atoms with Crippen LogP contribution in [0.4, 0.5) is 13.2 Å². The number of nitrogens with two attached hydrogens (primary N) is 1. The minimum absolute atomic E-state index is 0.0269. The molecule has 2 atom stereocenters. The summed E-state index contributed by atoms with van der Waals surface area (Å²) in [6.45, 7) is 0. The molecule has 3 rings (SSSR count). The standard InChI is InChI=1S/C15H18F3N/c16-15(17,18)12-7-3-6-11(8-12)14(9-13(14)19)10-4-1-2-5-10/h3,6-8,10,13H,1-2,4-5,9,19H2/t13-,14?/m1/s1. The van der Waals surface area contributed by atoms with E-state index in [-0.39, 0.29) is 11.5 Å². The predicted octanol–water partition coefficient (Wildman–Crippen LogP) is 3.86. The molecule has 1 aromatic carbocycles. The molecule has 2 aliphatic carbocycles. The van der Waals surface area contributed by atoms with Crippen LogP contribution >= 0.6 is 0 Å². The van der Waals surface area contributed by atoms with Crippen molar-refractivity contribution in [2.45, 2.75) is 49.7 Å². The molecular formula is C15H18F3N. The summed E-state index contributed by atoms with van der Waals surface area (Å²) in [6.07, 6.45) is 1.12. The second kappa shape index (κ2) is 4.23. The van der Waals surface area contributed by atoms with Crippen molar-refractivity contribution in [2.75, 3.05) is 0 Å². The lowest BCUT2D eigenvalue weighted by Crippen LogP contribution is -2.26. The van der Waals surface area contributed by atoms with Crippen LogP contribution in [0.1, 0.15) is 43.2 Å². The minimum atomic E-state index is -4.27. The molecule has 4 heteroatoms. The minimum Gasteiger partial charge on any atom is -0.327 e. The zero-order valence-electron chi connectivity index (χ0n) is 10.7. The Hall–Kier alpha value is -1.03. The van der Waals surface area contributed by atoms with Gasteiger partial charge in [0.05, 0.1) is 5.56 Å². The van der Waals surface area contributed by atoms with Gasteiger partial charge in [-0.1, -0.05) is 31.0 Å². The van der Waals surface area contributed by atoms with E-state index in [0.29, 0.717) is 5.92 Å². The van der Waals surface area contributed by atoms with E-state index in [2.05, 4.69) is 0 Å². The second-order valence-electron chi connectivity index (χ2n) is 5.91. The van der Waals surface area contributed by atoms with Crippen LogP contribution in [0.5, 0.6) is 0 Å². The summed E-state index contributed by atoms with van der Waals surface area (Å²) in [6, 6.07) is 5.81. The first-order valence-corrected chi connectivity index (χ1v) is 6.88. The molecule has 0 spiro atoms. The van der Waals surface area contributed by atoms with Gasteiger partial charge < -0.3 is 5.73 Å². The van der Waals surface area contributed by atoms with Gasteiger partial charge in [-0.15, -0.1) is 0 Å². The normalized spacial score (nSPS) is 31.7. The molecule has 0 aromatic heterocycles. The third kappa shape index (κ3) is 2.06. The van der Waals surface area contributed by atoms with Gasteiger partial charge in [-0.3, -0.25) is 0 Å². The lowest BCUT2D eigenvalue weighted by Gasteiger charge is -2.25. The van der Waals surface area contributed by atoms with Crippen LogP contribution in [0.15, 0.2) is 24.3 Å². The van der Waals surface area contributed by atoms with Crippen molar-refractivity contribution in [3.05, 3.63) is 35.4 Å². The molecule has 0 amide bonds. The van der Waals surface area contributed by atoms with Gasteiger partial charge in [0.15, 0.2) is 0 Å². The van der Waals surface area contributed by atoms with E-state index in [1.807, 2.05) is 6.07 Å². The Kier molecular flexibility index (Phi) is 2.89. The Morgan fingerprint density at radius 2 is 1.79 bits per heavy atom. The van der Waals surface area contributed by atoms with Gasteiger partial charge in [-0.05, 0) is 36.8 Å². The van der Waals surface area contributed by atoms with Crippen molar-refractivity contribution >= 4 is 0 Å². The lowest BCUT2D eigenvalue weighted by atomic mass is 9.80. The summed E-state index contributed by atoms with van der Waals surface area (Å²) < 4.78 is 38.5. The number of hydrogen-bond donors (Lipinski definition) is 1. The van der Waals surface area contributed by atoms with Crippen LogP contribution in [0.2, 0.25) is 0 Å². The largest absolute Gasteiger partial charge is 0.416 e. The highest BCUT2D eigenvalue weighted by Crippen LogP contribution is 2.57. The van der Waals surface area contributed by atoms with Gasteiger partial charge in [-0.25, -0.2) is 0 Å². The molecule has 0 aliphatic heterocycles. The fraction of sp³-hybridized carbons (Fsp3) is 0.600. The molecule has 2 aliphatic rings. The molecule has 0 heterocycles. The van der Waals surface area contributed by atoms with Crippen LogP contribution in [0.25, 0.3) is 0 Å². The van der Waals surface area contributed by atoms with Crippen LogP contribution in [0, 0.1) is 5.92 Å². The molecule has 0 radical (unpaired) electrons. The van der Waals surface area contributed by atoms with Crippen molar-refractivity contribution in [1.82, 2.24) is 0 Å². The Labute approximate surface area is 111 Å². The van der Waals surface area contributed by atoms with E-state index in [4.69, 9.17) is 5.73 Å². The van der Waals surface area contributed by atoms with Crippen molar-refractivity contribution in [1.29, 1.82) is 0 Å². The maximum atomic E-state index is 12.8. The van der Waals surface area contributed by atoms with Crippen LogP contribution in [-0.4, -0.2) is 6.04 Å². The molecular weight excluding hydrogens is 251 g/mol. The van der Waals surface area contributed by atoms with Crippen LogP contribution in [-0.2, 0) is 11.6 Å². The molecule has 0 bridgehead atoms. The molecule has 2 N–H and O–H groups in total. The van der Waals surface area contributed by atoms with Crippen molar-refractivity contribution in [2.24, 2.45) is 11.7 Å². The number of halogens is 3. The Balaban J connectivity index is 1.97. The third-order valence-corrected chi connectivity index (χ3v) is 4.87. The van der Waals surface area contributed by atoms with Gasteiger partial charge in [0.25, 0.3) is 0 Å². The van der Waals surface area contributed by atoms with Crippen LogP contribution in [0.3, 0.4) is 0 Å². The highest BCUT2D eigenvalue weighted by Gasteiger charge is 2.58. The fourth-order valence-corrected chi connectivity index (χ4v) is 3.77. The van der Waals surface area contributed by atoms with Crippen molar-refractivity contribution < 1.29 is 13.2 Å². The first kappa shape index (κ1) is 13.0. The average molecular weight is 269 g/mol. The Morgan fingerprint density at radius 1 is 1.16 bits per heavy atom. The molecule has 0 saturated heterocycles. The highest BCUT2D eigenvalue weighted by molar-refractivity contribution is 5.40. The summed E-state index contributed by atoms with van der Waals surface area (Å²) in [4.78, 5) is 0. The second-order valence-corrected chi connectivity index (χ2v) is 5.91. The van der Waals surface area contributed by atoms with Gasteiger partial charge in [0.2, 0.25) is 0 Å². The van der Waals surface area contributed by atoms with Crippen LogP contribution < -0.4 is 5.73 Å². The summed E-state index contributed by atoms with van der Waals surface area (Å²) in [5.41, 5.74) is 6.15. The van der Waals surface area contributed by atoms with Crippen molar-refractivity contribution in [3.63, 3.8) is 0 Å². The zero-order valence-corrected chi connectivity index (χ0v) is 10.7. The molecule has 1 unspecified atom stereocenters. The quantitative estimate of drug-likeness (QED) is 0.866. The maximum absolute atomic E-state index is 12.8. The van der Waals surface area contributed by atoms with E-state index < -0.39 is 11.7 Å². The summed E-state index contributed by atoms with van der Waals surface area (Å²) >= 11 is 0. The fourth-order valence-electron chi connectivity index (χ4n) is 3.77. The first-order valence-electron chi connectivity index (χ1n) is 6.88. The van der Waals surface area contributed by atoms with E-state index in [1.165, 1.54) is 25.0 Å². The number of alkyl halides is 3. The molecule has 1 aromatic rings. The van der Waals surface area contributed by atoms with E-state index in [0.717, 1.165) is 30.9 Å². The lowest BCUT2D eigenvalue weighted by molar-refractivity contribution is -0.137. The topological polar surface area (TPSA) is 26.0 Å². The maximum Gasteiger partial charge on any atom is 0.416 e. The number of hydrogen-bond acceptors (Lipinski definition) is 1. The van der Waals surface area contributed by atoms with Gasteiger partial charge in [0, 0.05) is 11.5 Å². The van der Waals surface area contributed by atoms with Crippen molar-refractivity contribution in [3.8, 4) is 0 Å². The SMILES string of the molecule is N[C@@H]1CC1(c1cccc(C(F)(F)F)c1)C1CCCC1. The molecule has 19 heavy (non-hydrogen) atoms. The highest BCUT2D eigenvalue weighted by atomic mass is 19.4. The van der Waals surface area contributed by atoms with E-state index in [1.54, 1.807) is 0 Å². The van der Waals surface area contributed by atoms with E-state index in [9.17, 15) is 13.2 Å². The average Bonchev–Trinajstić information content (AvgIpc) is 2.80. The predicted molar refractivity (Wildman–Crippen MR) is 67.7 cm³/mol. The Morgan fingerprint density at radius 3 is 2.32 bits per heavy atom. The van der Waals surface area contributed by atoms with Gasteiger partial charge in [-0.2, -0.15) is 13.2 Å².